The van der Waals surface area contributed by atoms with Crippen LogP contribution >= 0.6 is 11.8 Å². The third-order valence-corrected chi connectivity index (χ3v) is 6.29. The fraction of sp³-hybridized carbons (Fsp3) is 0.192. The van der Waals surface area contributed by atoms with Crippen LogP contribution in [-0.4, -0.2) is 27.3 Å². The van der Waals surface area contributed by atoms with Crippen LogP contribution in [0, 0.1) is 13.8 Å². The van der Waals surface area contributed by atoms with E-state index in [1.165, 1.54) is 17.3 Å². The number of anilines is 1. The molecule has 7 heteroatoms. The summed E-state index contributed by atoms with van der Waals surface area (Å²) in [6, 6.07) is 25.3. The minimum atomic E-state index is -0.534. The Morgan fingerprint density at radius 2 is 1.67 bits per heavy atom. The number of ether oxygens (including phenoxy) is 1. The van der Waals surface area contributed by atoms with E-state index < -0.39 is 5.25 Å². The molecule has 3 aromatic carbocycles. The van der Waals surface area contributed by atoms with Gasteiger partial charge >= 0.3 is 0 Å². The normalized spacial score (nSPS) is 11.7. The molecular formula is C26H26N4O2S. The number of carbonyl (C=O) groups excluding carboxylic acids is 1. The average molecular weight is 459 g/mol. The molecular weight excluding hydrogens is 432 g/mol. The molecule has 1 aromatic heterocycles. The van der Waals surface area contributed by atoms with Crippen LogP contribution in [0.1, 0.15) is 29.1 Å². The molecule has 1 unspecified atom stereocenters. The molecule has 0 aliphatic carbocycles. The monoisotopic (exact) mass is 458 g/mol. The van der Waals surface area contributed by atoms with Crippen LogP contribution in [0.15, 0.2) is 84.0 Å². The number of aryl methyl sites for hydroxylation is 2. The Labute approximate surface area is 198 Å². The number of hydrogen-bond donors (Lipinski definition) is 1. The summed E-state index contributed by atoms with van der Waals surface area (Å²) >= 11 is 1.37. The number of benzene rings is 3. The average Bonchev–Trinajstić information content (AvgIpc) is 3.20. The Hall–Kier alpha value is -3.58. The molecule has 4 rings (SSSR count). The summed E-state index contributed by atoms with van der Waals surface area (Å²) in [6.07, 6.45) is 0. The van der Waals surface area contributed by atoms with Crippen molar-refractivity contribution >= 4 is 23.4 Å². The number of nitrogens with one attached hydrogen (secondary N) is 1. The van der Waals surface area contributed by atoms with E-state index in [0.29, 0.717) is 23.2 Å². The molecule has 1 heterocycles. The Balaban J connectivity index is 1.68. The Morgan fingerprint density at radius 1 is 0.970 bits per heavy atom. The Kier molecular flexibility index (Phi) is 7.10. The maximum atomic E-state index is 13.5. The molecule has 168 valence electrons. The lowest BCUT2D eigenvalue weighted by Gasteiger charge is -2.18. The number of carbonyl (C=O) groups is 1. The summed E-state index contributed by atoms with van der Waals surface area (Å²) in [5, 5.41) is 11.8. The van der Waals surface area contributed by atoms with Crippen molar-refractivity contribution in [3.8, 4) is 11.4 Å². The predicted molar refractivity (Wildman–Crippen MR) is 132 cm³/mol. The number of nitrogens with zero attached hydrogens (tertiary/aromatic N) is 3. The van der Waals surface area contributed by atoms with Crippen LogP contribution in [-0.2, 0) is 4.79 Å². The summed E-state index contributed by atoms with van der Waals surface area (Å²) in [4.78, 5) is 13.5. The molecule has 0 spiro atoms. The van der Waals surface area contributed by atoms with Crippen molar-refractivity contribution in [3.05, 3.63) is 95.8 Å². The first-order valence-electron chi connectivity index (χ1n) is 10.8. The van der Waals surface area contributed by atoms with Gasteiger partial charge < -0.3 is 10.1 Å². The van der Waals surface area contributed by atoms with Crippen LogP contribution < -0.4 is 10.1 Å². The van der Waals surface area contributed by atoms with E-state index in [4.69, 9.17) is 4.74 Å². The van der Waals surface area contributed by atoms with Gasteiger partial charge in [-0.2, -0.15) is 0 Å². The Bertz CT molecular complexity index is 1220. The van der Waals surface area contributed by atoms with E-state index >= 15 is 0 Å². The number of rotatable bonds is 8. The third kappa shape index (κ3) is 5.26. The van der Waals surface area contributed by atoms with E-state index in [9.17, 15) is 4.79 Å². The van der Waals surface area contributed by atoms with Gasteiger partial charge in [0.25, 0.3) is 0 Å². The zero-order valence-electron chi connectivity index (χ0n) is 18.9. The second-order valence-electron chi connectivity index (χ2n) is 7.53. The van der Waals surface area contributed by atoms with Crippen molar-refractivity contribution in [1.29, 1.82) is 0 Å². The van der Waals surface area contributed by atoms with E-state index in [0.717, 1.165) is 17.1 Å². The molecule has 1 atom stereocenters. The molecule has 4 aromatic rings. The second-order valence-corrected chi connectivity index (χ2v) is 8.60. The minimum Gasteiger partial charge on any atom is -0.492 e. The van der Waals surface area contributed by atoms with Gasteiger partial charge in [-0.25, -0.2) is 0 Å². The highest BCUT2D eigenvalue weighted by Gasteiger charge is 2.26. The van der Waals surface area contributed by atoms with Gasteiger partial charge in [-0.15, -0.1) is 10.2 Å². The quantitative estimate of drug-likeness (QED) is 0.340. The van der Waals surface area contributed by atoms with Crippen LogP contribution in [0.3, 0.4) is 0 Å². The minimum absolute atomic E-state index is 0.158. The first-order chi connectivity index (χ1) is 16.1. The van der Waals surface area contributed by atoms with Gasteiger partial charge in [-0.1, -0.05) is 71.9 Å². The van der Waals surface area contributed by atoms with E-state index in [1.807, 2.05) is 92.1 Å². The standard InChI is InChI=1S/C26H26N4O2S/c1-4-32-23-13-9-8-12-22(23)27-25(31)24(20-10-6-5-7-11-20)33-26-29-28-19(3)30(26)21-16-14-18(2)15-17-21/h5-17,24H,4H2,1-3H3,(H,27,31). The highest BCUT2D eigenvalue weighted by Crippen LogP contribution is 2.37. The topological polar surface area (TPSA) is 69.0 Å². The maximum Gasteiger partial charge on any atom is 0.242 e. The zero-order valence-corrected chi connectivity index (χ0v) is 19.7. The lowest BCUT2D eigenvalue weighted by atomic mass is 10.1. The van der Waals surface area contributed by atoms with Crippen molar-refractivity contribution in [2.75, 3.05) is 11.9 Å². The van der Waals surface area contributed by atoms with Gasteiger partial charge in [0, 0.05) is 5.69 Å². The molecule has 1 amide bonds. The van der Waals surface area contributed by atoms with Gasteiger partial charge in [-0.05, 0) is 50.6 Å². The fourth-order valence-corrected chi connectivity index (χ4v) is 4.57. The smallest absolute Gasteiger partial charge is 0.242 e. The van der Waals surface area contributed by atoms with E-state index in [2.05, 4.69) is 27.6 Å². The second kappa shape index (κ2) is 10.4. The molecule has 0 saturated heterocycles. The predicted octanol–water partition coefficient (Wildman–Crippen LogP) is 5.75. The molecule has 33 heavy (non-hydrogen) atoms. The van der Waals surface area contributed by atoms with Crippen LogP contribution in [0.25, 0.3) is 5.69 Å². The number of amides is 1. The van der Waals surface area contributed by atoms with Crippen molar-refractivity contribution in [2.24, 2.45) is 0 Å². The van der Waals surface area contributed by atoms with Gasteiger partial charge in [0.1, 0.15) is 16.8 Å². The molecule has 0 bridgehead atoms. The summed E-state index contributed by atoms with van der Waals surface area (Å²) in [5.74, 6) is 1.24. The Morgan fingerprint density at radius 3 is 2.39 bits per heavy atom. The maximum absolute atomic E-state index is 13.5. The van der Waals surface area contributed by atoms with Crippen LogP contribution in [0.5, 0.6) is 5.75 Å². The molecule has 0 saturated carbocycles. The number of para-hydroxylation sites is 2. The summed E-state index contributed by atoms with van der Waals surface area (Å²) in [5.41, 5.74) is 3.65. The van der Waals surface area contributed by atoms with Gasteiger partial charge in [-0.3, -0.25) is 9.36 Å². The molecule has 0 aliphatic heterocycles. The van der Waals surface area contributed by atoms with Crippen LogP contribution in [0.2, 0.25) is 0 Å². The van der Waals surface area contributed by atoms with Gasteiger partial charge in [0.15, 0.2) is 5.16 Å². The highest BCUT2D eigenvalue weighted by molar-refractivity contribution is 8.00. The van der Waals surface area contributed by atoms with Crippen molar-refractivity contribution in [2.45, 2.75) is 31.2 Å². The molecule has 0 aliphatic rings. The molecule has 6 nitrogen and oxygen atoms in total. The van der Waals surface area contributed by atoms with Gasteiger partial charge in [0.2, 0.25) is 5.91 Å². The number of thioether (sulfide) groups is 1. The first-order valence-corrected chi connectivity index (χ1v) is 11.7. The van der Waals surface area contributed by atoms with Crippen molar-refractivity contribution in [3.63, 3.8) is 0 Å². The van der Waals surface area contributed by atoms with Gasteiger partial charge in [0.05, 0.1) is 12.3 Å². The fourth-order valence-electron chi connectivity index (χ4n) is 3.47. The molecule has 1 N–H and O–H groups in total. The van der Waals surface area contributed by atoms with Crippen molar-refractivity contribution in [1.82, 2.24) is 14.8 Å². The van der Waals surface area contributed by atoms with Crippen LogP contribution in [0.4, 0.5) is 5.69 Å². The highest BCUT2D eigenvalue weighted by atomic mass is 32.2. The van der Waals surface area contributed by atoms with E-state index in [1.54, 1.807) is 0 Å². The number of aromatic nitrogens is 3. The summed E-state index contributed by atoms with van der Waals surface area (Å²) in [7, 11) is 0. The van der Waals surface area contributed by atoms with E-state index in [-0.39, 0.29) is 5.91 Å². The number of hydrogen-bond acceptors (Lipinski definition) is 5. The molecule has 0 fully saturated rings. The lowest BCUT2D eigenvalue weighted by Crippen LogP contribution is -2.20. The zero-order chi connectivity index (χ0) is 23.2. The lowest BCUT2D eigenvalue weighted by molar-refractivity contribution is -0.115. The summed E-state index contributed by atoms with van der Waals surface area (Å²) in [6.45, 7) is 6.39. The summed E-state index contributed by atoms with van der Waals surface area (Å²) < 4.78 is 7.66. The molecule has 0 radical (unpaired) electrons. The third-order valence-electron chi connectivity index (χ3n) is 5.10. The first kappa shape index (κ1) is 22.6. The largest absolute Gasteiger partial charge is 0.492 e. The SMILES string of the molecule is CCOc1ccccc1NC(=O)C(Sc1nnc(C)n1-c1ccc(C)cc1)c1ccccc1. The van der Waals surface area contributed by atoms with Crippen molar-refractivity contribution < 1.29 is 9.53 Å².